The van der Waals surface area contributed by atoms with Crippen molar-refractivity contribution < 1.29 is 53.7 Å². The Morgan fingerprint density at radius 1 is 0.816 bits per heavy atom. The molecule has 0 bridgehead atoms. The first-order valence-corrected chi connectivity index (χ1v) is 11.2. The smallest absolute Gasteiger partial charge is 0.446 e. The Morgan fingerprint density at radius 3 is 1.97 bits per heavy atom. The molecule has 206 valence electrons. The highest BCUT2D eigenvalue weighted by atomic mass is 32.2. The fraction of sp³-hybridized carbons (Fsp3) is 0.250. The van der Waals surface area contributed by atoms with Gasteiger partial charge in [-0.1, -0.05) is 24.3 Å². The van der Waals surface area contributed by atoms with Gasteiger partial charge in [0, 0.05) is 10.5 Å². The lowest BCUT2D eigenvalue weighted by molar-refractivity contribution is -0.267. The number of halogens is 10. The third kappa shape index (κ3) is 7.54. The topological polar surface area (TPSA) is 41.5 Å². The minimum atomic E-state index is -5.24. The fourth-order valence-electron chi connectivity index (χ4n) is 3.24. The van der Waals surface area contributed by atoms with E-state index in [1.165, 1.54) is 30.3 Å². The zero-order chi connectivity index (χ0) is 28.5. The summed E-state index contributed by atoms with van der Waals surface area (Å²) in [4.78, 5) is -0.164. The maximum absolute atomic E-state index is 14.7. The molecule has 3 aromatic rings. The molecule has 38 heavy (non-hydrogen) atoms. The Bertz CT molecular complexity index is 1250. The molecule has 0 saturated heterocycles. The van der Waals surface area contributed by atoms with Gasteiger partial charge < -0.3 is 9.84 Å². The van der Waals surface area contributed by atoms with Gasteiger partial charge in [-0.2, -0.15) is 39.5 Å². The lowest BCUT2D eigenvalue weighted by Gasteiger charge is -2.33. The number of hydrogen-bond acceptors (Lipinski definition) is 4. The number of alkyl halides is 9. The molecule has 2 N–H and O–H groups in total. The molecule has 3 rings (SSSR count). The molecule has 0 radical (unpaired) electrons. The predicted molar refractivity (Wildman–Crippen MR) is 118 cm³/mol. The molecule has 0 heterocycles. The molecule has 2 atom stereocenters. The predicted octanol–water partition coefficient (Wildman–Crippen LogP) is 8.20. The Kier molecular flexibility index (Phi) is 8.29. The van der Waals surface area contributed by atoms with E-state index >= 15 is 0 Å². The molecule has 0 amide bonds. The molecule has 14 heteroatoms. The van der Waals surface area contributed by atoms with Crippen LogP contribution in [-0.4, -0.2) is 22.5 Å². The number of thioether (sulfide) groups is 1. The van der Waals surface area contributed by atoms with Gasteiger partial charge in [0.25, 0.3) is 0 Å². The van der Waals surface area contributed by atoms with Crippen molar-refractivity contribution in [3.63, 3.8) is 0 Å². The number of hydrogen-bond donors (Lipinski definition) is 2. The summed E-state index contributed by atoms with van der Waals surface area (Å²) in [6.07, 6.45) is -10.1. The van der Waals surface area contributed by atoms with E-state index in [2.05, 4.69) is 0 Å². The molecule has 0 spiro atoms. The van der Waals surface area contributed by atoms with Crippen LogP contribution in [0.1, 0.15) is 29.7 Å². The normalized spacial score (nSPS) is 15.2. The second kappa shape index (κ2) is 10.7. The standard InChI is InChI=1S/C24H17F10NO2S/c1-21(36,23(29,30)31)35-20(18-10-7-14(11-19(18)25)22(26,27)28)13-5-8-15(9-6-13)37-16-3-2-4-17(12-16)38-24(32,33)34/h2-12,20,35-36H,1H3. The number of ether oxygens (including phenoxy) is 1. The second-order valence-corrected chi connectivity index (χ2v) is 9.21. The third-order valence-electron chi connectivity index (χ3n) is 5.10. The van der Waals surface area contributed by atoms with Gasteiger partial charge in [0.05, 0.1) is 11.6 Å². The van der Waals surface area contributed by atoms with Crippen molar-refractivity contribution in [2.75, 3.05) is 0 Å². The van der Waals surface area contributed by atoms with Crippen LogP contribution in [0.15, 0.2) is 71.6 Å². The second-order valence-electron chi connectivity index (χ2n) is 8.08. The van der Waals surface area contributed by atoms with Crippen LogP contribution in [0, 0.1) is 5.82 Å². The van der Waals surface area contributed by atoms with Crippen LogP contribution in [0.25, 0.3) is 0 Å². The SMILES string of the molecule is CC(O)(NC(c1ccc(Oc2cccc(SC(F)(F)F)c2)cc1)c1ccc(C(F)(F)F)cc1F)C(F)(F)F. The van der Waals surface area contributed by atoms with Gasteiger partial charge in [-0.05, 0) is 66.7 Å². The summed E-state index contributed by atoms with van der Waals surface area (Å²) in [6, 6.07) is 9.19. The van der Waals surface area contributed by atoms with Crippen molar-refractivity contribution in [3.8, 4) is 11.5 Å². The van der Waals surface area contributed by atoms with Crippen molar-refractivity contribution in [1.29, 1.82) is 0 Å². The Balaban J connectivity index is 1.94. The summed E-state index contributed by atoms with van der Waals surface area (Å²) < 4.78 is 137. The van der Waals surface area contributed by atoms with Gasteiger partial charge in [-0.15, -0.1) is 0 Å². The van der Waals surface area contributed by atoms with Crippen LogP contribution in [0.3, 0.4) is 0 Å². The minimum absolute atomic E-state index is 0.00969. The average Bonchev–Trinajstić information content (AvgIpc) is 2.76. The first kappa shape index (κ1) is 29.6. The van der Waals surface area contributed by atoms with Crippen LogP contribution in [0.2, 0.25) is 0 Å². The van der Waals surface area contributed by atoms with E-state index in [9.17, 15) is 49.0 Å². The van der Waals surface area contributed by atoms with Crippen LogP contribution in [-0.2, 0) is 6.18 Å². The van der Waals surface area contributed by atoms with E-state index in [0.29, 0.717) is 19.1 Å². The van der Waals surface area contributed by atoms with Gasteiger partial charge in [0.1, 0.15) is 17.3 Å². The third-order valence-corrected chi connectivity index (χ3v) is 5.83. The van der Waals surface area contributed by atoms with Crippen LogP contribution >= 0.6 is 11.8 Å². The van der Waals surface area contributed by atoms with Gasteiger partial charge in [-0.25, -0.2) is 4.39 Å². The fourth-order valence-corrected chi connectivity index (χ4v) is 3.83. The Morgan fingerprint density at radius 2 is 1.45 bits per heavy atom. The molecule has 2 unspecified atom stereocenters. The van der Waals surface area contributed by atoms with Gasteiger partial charge >= 0.3 is 17.9 Å². The molecule has 0 aliphatic rings. The highest BCUT2D eigenvalue weighted by Gasteiger charge is 2.51. The van der Waals surface area contributed by atoms with E-state index < -0.39 is 46.6 Å². The summed E-state index contributed by atoms with van der Waals surface area (Å²) in [7, 11) is 0. The quantitative estimate of drug-likeness (QED) is 0.170. The van der Waals surface area contributed by atoms with Crippen molar-refractivity contribution in [1.82, 2.24) is 5.32 Å². The van der Waals surface area contributed by atoms with Crippen LogP contribution in [0.4, 0.5) is 43.9 Å². The molecule has 0 aromatic heterocycles. The molecule has 0 aliphatic carbocycles. The molecule has 0 aliphatic heterocycles. The summed E-state index contributed by atoms with van der Waals surface area (Å²) in [5, 5.41) is 11.8. The lowest BCUT2D eigenvalue weighted by Crippen LogP contribution is -2.55. The van der Waals surface area contributed by atoms with Crippen LogP contribution in [0.5, 0.6) is 11.5 Å². The Labute approximate surface area is 213 Å². The van der Waals surface area contributed by atoms with Gasteiger partial charge in [0.15, 0.2) is 0 Å². The number of nitrogens with one attached hydrogen (secondary N) is 1. The molecular formula is C24H17F10NO2S. The molecule has 0 saturated carbocycles. The number of aliphatic hydroxyl groups is 1. The zero-order valence-corrected chi connectivity index (χ0v) is 19.8. The van der Waals surface area contributed by atoms with Gasteiger partial charge in [0.2, 0.25) is 5.72 Å². The van der Waals surface area contributed by atoms with E-state index in [-0.39, 0.29) is 39.8 Å². The molecule has 0 fully saturated rings. The van der Waals surface area contributed by atoms with E-state index in [1.54, 1.807) is 0 Å². The van der Waals surface area contributed by atoms with Crippen LogP contribution < -0.4 is 10.1 Å². The molecule has 3 aromatic carbocycles. The van der Waals surface area contributed by atoms with E-state index in [1.807, 2.05) is 5.32 Å². The van der Waals surface area contributed by atoms with Gasteiger partial charge in [-0.3, -0.25) is 5.32 Å². The number of rotatable bonds is 7. The molecule has 3 nitrogen and oxygen atoms in total. The lowest BCUT2D eigenvalue weighted by atomic mass is 9.95. The van der Waals surface area contributed by atoms with Crippen molar-refractivity contribution in [2.24, 2.45) is 0 Å². The first-order valence-electron chi connectivity index (χ1n) is 10.4. The summed E-state index contributed by atoms with van der Waals surface area (Å²) in [5.74, 6) is -1.43. The minimum Gasteiger partial charge on any atom is -0.457 e. The average molecular weight is 573 g/mol. The first-order chi connectivity index (χ1) is 17.4. The summed E-state index contributed by atoms with van der Waals surface area (Å²) in [6.45, 7) is 0.353. The maximum Gasteiger partial charge on any atom is 0.446 e. The Hall–Kier alpha value is -2.97. The van der Waals surface area contributed by atoms with Crippen molar-refractivity contribution in [3.05, 3.63) is 89.2 Å². The molecular weight excluding hydrogens is 556 g/mol. The largest absolute Gasteiger partial charge is 0.457 e. The van der Waals surface area contributed by atoms with E-state index in [0.717, 1.165) is 18.2 Å². The zero-order valence-electron chi connectivity index (χ0n) is 19.0. The summed E-state index contributed by atoms with van der Waals surface area (Å²) >= 11 is -0.369. The monoisotopic (exact) mass is 573 g/mol. The maximum atomic E-state index is 14.7. The number of benzene rings is 3. The highest BCUT2D eigenvalue weighted by molar-refractivity contribution is 8.00. The summed E-state index contributed by atoms with van der Waals surface area (Å²) in [5.41, 5.74) is -10.2. The van der Waals surface area contributed by atoms with Crippen molar-refractivity contribution >= 4 is 11.8 Å². The highest BCUT2D eigenvalue weighted by Crippen LogP contribution is 2.39. The van der Waals surface area contributed by atoms with E-state index in [4.69, 9.17) is 4.74 Å². The van der Waals surface area contributed by atoms with Crippen molar-refractivity contribution in [2.45, 2.75) is 41.4 Å².